The molecule has 1 aromatic heterocycles. The molecule has 0 spiro atoms. The van der Waals surface area contributed by atoms with Crippen LogP contribution in [0, 0.1) is 0 Å². The first-order valence-electron chi connectivity index (χ1n) is 8.24. The molecule has 1 N–H and O–H groups in total. The fourth-order valence-corrected chi connectivity index (χ4v) is 3.85. The average molecular weight is 291 g/mol. The zero-order valence-corrected chi connectivity index (χ0v) is 12.6. The second kappa shape index (κ2) is 6.60. The van der Waals surface area contributed by atoms with Crippen LogP contribution >= 0.6 is 0 Å². The minimum absolute atomic E-state index is 0.120. The Morgan fingerprint density at radius 3 is 2.57 bits per heavy atom. The largest absolute Gasteiger partial charge is 0.364 e. The van der Waals surface area contributed by atoms with Gasteiger partial charge in [0.05, 0.1) is 0 Å². The molecule has 1 aromatic rings. The summed E-state index contributed by atoms with van der Waals surface area (Å²) in [5, 5.41) is 6.80. The second-order valence-electron chi connectivity index (χ2n) is 6.40. The van der Waals surface area contributed by atoms with Crippen molar-refractivity contribution in [3.05, 3.63) is 18.0 Å². The molecule has 1 aliphatic carbocycles. The van der Waals surface area contributed by atoms with E-state index < -0.39 is 0 Å². The predicted molar refractivity (Wildman–Crippen MR) is 80.1 cm³/mol. The molecular weight excluding hydrogens is 266 g/mol. The quantitative estimate of drug-likeness (QED) is 0.926. The molecule has 2 fully saturated rings. The minimum atomic E-state index is -0.120. The molecule has 116 valence electrons. The van der Waals surface area contributed by atoms with E-state index in [0.717, 1.165) is 6.54 Å². The number of nitrogens with one attached hydrogen (secondary N) is 1. The number of hydrogen-bond acceptors (Lipinski definition) is 4. The number of rotatable bonds is 4. The van der Waals surface area contributed by atoms with Gasteiger partial charge in [-0.1, -0.05) is 30.8 Å². The summed E-state index contributed by atoms with van der Waals surface area (Å²) in [5.41, 5.74) is 0.539. The highest BCUT2D eigenvalue weighted by molar-refractivity contribution is 5.92. The summed E-state index contributed by atoms with van der Waals surface area (Å²) in [6, 6.07) is 1.61. The molecule has 0 atom stereocenters. The molecular formula is C16H25N3O2. The summed E-state index contributed by atoms with van der Waals surface area (Å²) < 4.78 is 4.75. The molecule has 1 saturated carbocycles. The Morgan fingerprint density at radius 2 is 1.90 bits per heavy atom. The van der Waals surface area contributed by atoms with Crippen molar-refractivity contribution in [1.82, 2.24) is 15.4 Å². The maximum Gasteiger partial charge on any atom is 0.273 e. The van der Waals surface area contributed by atoms with Crippen LogP contribution in [-0.4, -0.2) is 41.1 Å². The minimum Gasteiger partial charge on any atom is -0.364 e. The van der Waals surface area contributed by atoms with Crippen LogP contribution in [0.3, 0.4) is 0 Å². The summed E-state index contributed by atoms with van der Waals surface area (Å²) in [7, 11) is 0. The van der Waals surface area contributed by atoms with Crippen molar-refractivity contribution in [2.24, 2.45) is 0 Å². The van der Waals surface area contributed by atoms with Crippen molar-refractivity contribution < 1.29 is 9.32 Å². The highest BCUT2D eigenvalue weighted by Crippen LogP contribution is 2.35. The summed E-state index contributed by atoms with van der Waals surface area (Å²) >= 11 is 0. The molecule has 2 heterocycles. The van der Waals surface area contributed by atoms with Crippen LogP contribution in [0.25, 0.3) is 0 Å². The van der Waals surface area contributed by atoms with E-state index in [9.17, 15) is 4.79 Å². The zero-order valence-electron chi connectivity index (χ0n) is 12.6. The van der Waals surface area contributed by atoms with E-state index in [1.807, 2.05) is 0 Å². The predicted octanol–water partition coefficient (Wildman–Crippen LogP) is 2.59. The third-order valence-electron chi connectivity index (χ3n) is 5.06. The van der Waals surface area contributed by atoms with Gasteiger partial charge in [-0.15, -0.1) is 0 Å². The molecule has 5 nitrogen and oxygen atoms in total. The van der Waals surface area contributed by atoms with Gasteiger partial charge in [0.1, 0.15) is 6.26 Å². The molecule has 0 bridgehead atoms. The van der Waals surface area contributed by atoms with Gasteiger partial charge < -0.3 is 9.84 Å². The molecule has 3 rings (SSSR count). The Hall–Kier alpha value is -1.36. The molecule has 0 aromatic carbocycles. The normalized spacial score (nSPS) is 22.9. The Bertz CT molecular complexity index is 446. The fourth-order valence-electron chi connectivity index (χ4n) is 3.85. The van der Waals surface area contributed by atoms with E-state index in [1.54, 1.807) is 6.07 Å². The molecule has 1 aliphatic heterocycles. The number of aromatic nitrogens is 1. The number of carbonyl (C=O) groups excluding carboxylic acids is 1. The van der Waals surface area contributed by atoms with E-state index >= 15 is 0 Å². The molecule has 5 heteroatoms. The van der Waals surface area contributed by atoms with Gasteiger partial charge in [0, 0.05) is 18.2 Å². The van der Waals surface area contributed by atoms with Crippen molar-refractivity contribution in [1.29, 1.82) is 0 Å². The van der Waals surface area contributed by atoms with E-state index in [2.05, 4.69) is 15.4 Å². The van der Waals surface area contributed by atoms with Crippen molar-refractivity contribution in [3.8, 4) is 0 Å². The molecule has 1 saturated heterocycles. The van der Waals surface area contributed by atoms with Gasteiger partial charge in [0.15, 0.2) is 5.69 Å². The molecule has 1 amide bonds. The maximum atomic E-state index is 12.1. The highest BCUT2D eigenvalue weighted by atomic mass is 16.5. The monoisotopic (exact) mass is 291 g/mol. The van der Waals surface area contributed by atoms with Crippen LogP contribution in [0.1, 0.15) is 61.9 Å². The van der Waals surface area contributed by atoms with Gasteiger partial charge in [-0.25, -0.2) is 0 Å². The van der Waals surface area contributed by atoms with Gasteiger partial charge in [-0.2, -0.15) is 0 Å². The Balaban J connectivity index is 1.65. The smallest absolute Gasteiger partial charge is 0.273 e. The number of hydrogen-bond donors (Lipinski definition) is 1. The number of amides is 1. The lowest BCUT2D eigenvalue weighted by Gasteiger charge is -2.48. The van der Waals surface area contributed by atoms with Gasteiger partial charge >= 0.3 is 0 Å². The third-order valence-corrected chi connectivity index (χ3v) is 5.06. The van der Waals surface area contributed by atoms with Crippen LogP contribution in [0.5, 0.6) is 0 Å². The number of likely N-dealkylation sites (tertiary alicyclic amines) is 1. The summed E-state index contributed by atoms with van der Waals surface area (Å²) in [6.07, 6.45) is 11.6. The Kier molecular flexibility index (Phi) is 4.58. The fraction of sp³-hybridized carbons (Fsp3) is 0.750. The lowest BCUT2D eigenvalue weighted by molar-refractivity contribution is 0.0325. The second-order valence-corrected chi connectivity index (χ2v) is 6.40. The molecule has 21 heavy (non-hydrogen) atoms. The van der Waals surface area contributed by atoms with Gasteiger partial charge in [0.2, 0.25) is 0 Å². The Labute approximate surface area is 126 Å². The lowest BCUT2D eigenvalue weighted by atomic mass is 9.79. The number of nitrogens with zero attached hydrogens (tertiary/aromatic N) is 2. The summed E-state index contributed by atoms with van der Waals surface area (Å²) in [4.78, 5) is 14.8. The summed E-state index contributed by atoms with van der Waals surface area (Å²) in [5.74, 6) is -0.120. The number of piperidine rings is 1. The van der Waals surface area contributed by atoms with Crippen LogP contribution in [-0.2, 0) is 0 Å². The van der Waals surface area contributed by atoms with Crippen LogP contribution in [0.2, 0.25) is 0 Å². The van der Waals surface area contributed by atoms with Gasteiger partial charge in [0.25, 0.3) is 5.91 Å². The van der Waals surface area contributed by atoms with Crippen molar-refractivity contribution in [2.45, 2.75) is 56.9 Å². The first kappa shape index (κ1) is 14.6. The standard InChI is InChI=1S/C16H25N3O2/c20-15(14-7-12-21-18-14)17-13-16(8-3-1-4-9-16)19-10-5-2-6-11-19/h7,12H,1-6,8-11,13H2,(H,17,20). The lowest BCUT2D eigenvalue weighted by Crippen LogP contribution is -2.58. The first-order valence-corrected chi connectivity index (χ1v) is 8.24. The third kappa shape index (κ3) is 3.28. The maximum absolute atomic E-state index is 12.1. The first-order chi connectivity index (χ1) is 10.3. The molecule has 2 aliphatic rings. The van der Waals surface area contributed by atoms with Crippen molar-refractivity contribution in [3.63, 3.8) is 0 Å². The average Bonchev–Trinajstić information content (AvgIpc) is 3.09. The van der Waals surface area contributed by atoms with E-state index in [1.165, 1.54) is 70.7 Å². The van der Waals surface area contributed by atoms with Crippen molar-refractivity contribution in [2.75, 3.05) is 19.6 Å². The van der Waals surface area contributed by atoms with Crippen LogP contribution in [0.15, 0.2) is 16.9 Å². The highest BCUT2D eigenvalue weighted by Gasteiger charge is 2.38. The van der Waals surface area contributed by atoms with Crippen molar-refractivity contribution >= 4 is 5.91 Å². The molecule has 0 radical (unpaired) electrons. The van der Waals surface area contributed by atoms with Gasteiger partial charge in [-0.3, -0.25) is 9.69 Å². The Morgan fingerprint density at radius 1 is 1.19 bits per heavy atom. The van der Waals surface area contributed by atoms with Crippen LogP contribution < -0.4 is 5.32 Å². The topological polar surface area (TPSA) is 58.4 Å². The van der Waals surface area contributed by atoms with Gasteiger partial charge in [-0.05, 0) is 38.8 Å². The zero-order chi connectivity index (χ0) is 14.5. The van der Waals surface area contributed by atoms with E-state index in [4.69, 9.17) is 4.52 Å². The SMILES string of the molecule is O=C(NCC1(N2CCCCC2)CCCCC1)c1ccon1. The molecule has 0 unspecified atom stereocenters. The number of carbonyl (C=O) groups is 1. The van der Waals surface area contributed by atoms with Crippen LogP contribution in [0.4, 0.5) is 0 Å². The van der Waals surface area contributed by atoms with E-state index in [0.29, 0.717) is 5.69 Å². The van der Waals surface area contributed by atoms with E-state index in [-0.39, 0.29) is 11.4 Å². The summed E-state index contributed by atoms with van der Waals surface area (Å²) in [6.45, 7) is 3.10.